The maximum Gasteiger partial charge on any atom is 0.472 e. The third-order valence-electron chi connectivity index (χ3n) is 20.6. The molecule has 492 valence electrons. The Labute approximate surface area is 523 Å². The van der Waals surface area contributed by atoms with Gasteiger partial charge in [0.25, 0.3) is 0 Å². The summed E-state index contributed by atoms with van der Waals surface area (Å²) >= 11 is 0. The Morgan fingerprint density at radius 1 is 0.800 bits per heavy atom. The number of nitrogens with two attached hydrogens (primary N) is 6. The van der Waals surface area contributed by atoms with Gasteiger partial charge in [-0.2, -0.15) is 0 Å². The van der Waals surface area contributed by atoms with Gasteiger partial charge in [0.2, 0.25) is 41.4 Å². The van der Waals surface area contributed by atoms with E-state index in [2.05, 4.69) is 15.6 Å². The molecule has 0 spiro atoms. The van der Waals surface area contributed by atoms with Crippen LogP contribution in [0, 0.1) is 59.2 Å². The van der Waals surface area contributed by atoms with Gasteiger partial charge in [-0.25, -0.2) is 9.55 Å². The second-order valence-electron chi connectivity index (χ2n) is 27.1. The summed E-state index contributed by atoms with van der Waals surface area (Å²) in [6.45, 7) is 19.3. The molecule has 6 aliphatic heterocycles. The zero-order valence-corrected chi connectivity index (χ0v) is 54.1. The van der Waals surface area contributed by atoms with Gasteiger partial charge in [-0.1, -0.05) is 34.6 Å². The van der Waals surface area contributed by atoms with Gasteiger partial charge in [0.1, 0.15) is 18.3 Å². The van der Waals surface area contributed by atoms with E-state index in [1.807, 2.05) is 87.4 Å². The van der Waals surface area contributed by atoms with Gasteiger partial charge >= 0.3 is 7.82 Å². The largest absolute Gasteiger partial charge is 0.472 e. The van der Waals surface area contributed by atoms with E-state index in [0.717, 1.165) is 11.1 Å². The number of aliphatic imine (C=N–C) groups is 3. The molecule has 2 saturated heterocycles. The van der Waals surface area contributed by atoms with Crippen molar-refractivity contribution in [2.24, 2.45) is 94.7 Å². The number of fused-ring (bicyclic) bond motifs is 7. The molecule has 2 fully saturated rings. The lowest BCUT2D eigenvalue weighted by atomic mass is 9.55. The summed E-state index contributed by atoms with van der Waals surface area (Å²) in [5, 5.41) is 28.2. The number of aryl methyl sites for hydroxylation is 2. The summed E-state index contributed by atoms with van der Waals surface area (Å²) in [6.07, 6.45) is -4.26. The number of hydrogen-bond acceptors (Lipinski definition) is 18. The molecule has 90 heavy (non-hydrogen) atoms. The second kappa shape index (κ2) is 25.6. The molecule has 8 rings (SSSR count). The van der Waals surface area contributed by atoms with Crippen LogP contribution >= 0.6 is 7.82 Å². The van der Waals surface area contributed by atoms with Gasteiger partial charge in [-0.05, 0) is 108 Å². The van der Waals surface area contributed by atoms with Crippen LogP contribution in [0.4, 0.5) is 0 Å². The first kappa shape index (κ1) is 68.9. The molecule has 1 aromatic heterocycles. The van der Waals surface area contributed by atoms with Crippen molar-refractivity contribution in [3.8, 4) is 0 Å². The number of ether oxygens (including phenoxy) is 1. The lowest BCUT2D eigenvalue weighted by Gasteiger charge is -2.48. The minimum Gasteiger partial charge on any atom is -0.394 e. The molecular formula is C62H90N13O14P. The monoisotopic (exact) mass is 1270 g/mol. The number of imidazole rings is 1. The van der Waals surface area contributed by atoms with Gasteiger partial charge in [-0.3, -0.25) is 57.6 Å². The van der Waals surface area contributed by atoms with Crippen molar-refractivity contribution in [3.05, 3.63) is 63.9 Å². The zero-order chi connectivity index (χ0) is 66.7. The first-order valence-electron chi connectivity index (χ1n) is 30.6. The molecule has 1 aromatic carbocycles. The highest BCUT2D eigenvalue weighted by atomic mass is 31.2. The quantitative estimate of drug-likeness (QED) is 0.0603. The van der Waals surface area contributed by atoms with Gasteiger partial charge in [0.05, 0.1) is 41.7 Å². The number of amides is 7. The number of hydrogen-bond donors (Lipinski definition) is 11. The fourth-order valence-corrected chi connectivity index (χ4v) is 16.6. The molecule has 0 saturated carbocycles. The molecular weight excluding hydrogens is 1180 g/mol. The van der Waals surface area contributed by atoms with Gasteiger partial charge < -0.3 is 69.4 Å². The molecule has 7 amide bonds. The van der Waals surface area contributed by atoms with Crippen LogP contribution in [0.15, 0.2) is 67.8 Å². The standard InChI is InChI=1S/C62H90N13O14P/c1-29-20-39-40(21-30(29)2)75(28-70-39)57-52(84)53(41(27-76)87-57)89-90(85,86)88-31(3)26-69-49(83)18-19-59(8)37(22-46(66)80)56-62(11)61(10,25-48(68)82)36(14-17-45(65)79)51(74-62)33(5)55-60(9,24-47(67)81)34(12-15-43(63)77)38(71-55)23-42-58(6,7)35(13-16-44(64)78)50(72-42)32(4)54(59)73-56/h20-21,23,28,31,34-37,41,52-53,56-57,71,76,84H,12-19,22,24-27H2,1-11H3,(H2,63,77)(H2,64,78)(H2,65,79)(H2,66,80)(H2,67,81)(H2,68,82)(H,69,83)(H,85,86)/b38-23?,50-32?,55-33-/t31-,34-,35-,36-,37+,41+,52?,53?,56-,57+,59-,60+,61+,62+/m1/s1. The molecule has 27 nitrogen and oxygen atoms in total. The van der Waals surface area contributed by atoms with E-state index in [1.165, 1.54) is 13.3 Å². The average Bonchev–Trinajstić information content (AvgIpc) is 1.53. The molecule has 6 aliphatic rings. The molecule has 28 heteroatoms. The van der Waals surface area contributed by atoms with Crippen molar-refractivity contribution in [3.63, 3.8) is 0 Å². The van der Waals surface area contributed by atoms with Crippen molar-refractivity contribution in [1.29, 1.82) is 0 Å². The number of nitrogens with zero attached hydrogens (tertiary/aromatic N) is 5. The number of aliphatic hydroxyl groups excluding tert-OH is 2. The van der Waals surface area contributed by atoms with Crippen molar-refractivity contribution < 1.29 is 67.0 Å². The Balaban J connectivity index is 1.19. The number of primary amides is 6. The Bertz CT molecular complexity index is 3540. The smallest absolute Gasteiger partial charge is 0.394 e. The molecule has 0 radical (unpaired) electrons. The Morgan fingerprint density at radius 2 is 1.40 bits per heavy atom. The summed E-state index contributed by atoms with van der Waals surface area (Å²) in [7, 11) is -5.07. The zero-order valence-electron chi connectivity index (χ0n) is 53.3. The van der Waals surface area contributed by atoms with E-state index in [0.29, 0.717) is 56.4 Å². The summed E-state index contributed by atoms with van der Waals surface area (Å²) in [4.78, 5) is 126. The van der Waals surface area contributed by atoms with Crippen LogP contribution in [-0.4, -0.2) is 132 Å². The topological polar surface area (TPSA) is 460 Å². The van der Waals surface area contributed by atoms with Crippen LogP contribution in [0.5, 0.6) is 0 Å². The van der Waals surface area contributed by atoms with Crippen LogP contribution in [-0.2, 0) is 51.9 Å². The van der Waals surface area contributed by atoms with E-state index in [-0.39, 0.29) is 77.2 Å². The summed E-state index contributed by atoms with van der Waals surface area (Å²) < 4.78 is 32.3. The summed E-state index contributed by atoms with van der Waals surface area (Å²) in [5.41, 5.74) is 37.4. The third kappa shape index (κ3) is 13.0. The van der Waals surface area contributed by atoms with Gasteiger partial charge in [-0.15, -0.1) is 0 Å². The molecule has 7 heterocycles. The number of carbonyl (C=O) groups excluding carboxylic acids is 7. The number of phosphoric acid groups is 1. The van der Waals surface area contributed by atoms with E-state index >= 15 is 0 Å². The lowest BCUT2D eigenvalue weighted by molar-refractivity contribution is -0.124. The SMILES string of the molecule is CC1=C2N=C(C=C3N/C(=C(/C)C4=N[C@@](C)([C@@H]5N=C1[C@](C)(CCC(=O)NC[C@@H](C)OP(=O)(O)OC1C(O)[C@@H](n6cnc7cc(C)c(C)cc76)O[C@H]1CO)[C@H]5CC(N)=O)[C@@](C)(CC(N)=O)[C@@H]4CCC(N)=O)[C@@](C)(CC(N)=O)[C@@H]3CCC(N)=O)C(C)(C)[C@@H]2CCC(N)=O. The normalized spacial score (nSPS) is 32.8. The highest BCUT2D eigenvalue weighted by molar-refractivity contribution is 7.47. The Kier molecular flexibility index (Phi) is 19.6. The summed E-state index contributed by atoms with van der Waals surface area (Å²) in [5.74, 6) is -7.18. The highest BCUT2D eigenvalue weighted by Gasteiger charge is 2.66. The van der Waals surface area contributed by atoms with Crippen LogP contribution < -0.4 is 45.0 Å². The molecule has 17 N–H and O–H groups in total. The number of allylic oxidation sites excluding steroid dienone is 6. The van der Waals surface area contributed by atoms with Gasteiger partial charge in [0, 0.05) is 131 Å². The molecule has 3 unspecified atom stereocenters. The molecule has 15 atom stereocenters. The number of aromatic nitrogens is 2. The van der Waals surface area contributed by atoms with Crippen LogP contribution in [0.2, 0.25) is 0 Å². The third-order valence-corrected chi connectivity index (χ3v) is 21.7. The van der Waals surface area contributed by atoms with Crippen LogP contribution in [0.1, 0.15) is 150 Å². The predicted molar refractivity (Wildman–Crippen MR) is 334 cm³/mol. The highest BCUT2D eigenvalue weighted by Crippen LogP contribution is 2.63. The Hall–Kier alpha value is -7.00. The number of carbonyl (C=O) groups is 7. The van der Waals surface area contributed by atoms with Crippen LogP contribution in [0.3, 0.4) is 0 Å². The van der Waals surface area contributed by atoms with Crippen molar-refractivity contribution in [2.75, 3.05) is 13.2 Å². The number of phosphoric ester groups is 1. The minimum atomic E-state index is -5.07. The maximum absolute atomic E-state index is 14.4. The second-order valence-corrected chi connectivity index (χ2v) is 28.4. The van der Waals surface area contributed by atoms with Crippen molar-refractivity contribution in [1.82, 2.24) is 20.2 Å². The number of aliphatic hydroxyl groups is 2. The lowest BCUT2D eigenvalue weighted by Crippen LogP contribution is -2.56. The van der Waals surface area contributed by atoms with E-state index < -0.39 is 143 Å². The van der Waals surface area contributed by atoms with Crippen molar-refractivity contribution >= 4 is 77.3 Å². The van der Waals surface area contributed by atoms with Crippen molar-refractivity contribution in [2.45, 2.75) is 189 Å². The van der Waals surface area contributed by atoms with Gasteiger partial charge in [0.15, 0.2) is 6.23 Å². The van der Waals surface area contributed by atoms with E-state index in [4.69, 9.17) is 63.2 Å². The molecule has 2 aromatic rings. The number of benzene rings is 1. The van der Waals surface area contributed by atoms with E-state index in [1.54, 1.807) is 4.57 Å². The van der Waals surface area contributed by atoms with Crippen LogP contribution in [0.25, 0.3) is 11.0 Å². The minimum absolute atomic E-state index is 0.0114. The Morgan fingerprint density at radius 3 is 1.99 bits per heavy atom. The number of nitrogens with one attached hydrogen (secondary N) is 2. The first-order chi connectivity index (χ1) is 41.8. The number of rotatable bonds is 26. The molecule has 0 aliphatic carbocycles. The fourth-order valence-electron chi connectivity index (χ4n) is 15.4. The molecule has 8 bridgehead atoms. The first-order valence-corrected chi connectivity index (χ1v) is 32.1. The predicted octanol–water partition coefficient (Wildman–Crippen LogP) is 3.16. The average molecular weight is 1270 g/mol. The fraction of sp³-hybridized carbons (Fsp3) is 0.629. The maximum atomic E-state index is 14.4. The van der Waals surface area contributed by atoms with E-state index in [9.17, 15) is 53.2 Å². The summed E-state index contributed by atoms with van der Waals surface area (Å²) in [6, 6.07) is 2.70.